The van der Waals surface area contributed by atoms with Gasteiger partial charge in [-0.05, 0) is 61.7 Å². The van der Waals surface area contributed by atoms with E-state index in [2.05, 4.69) is 22.2 Å². The van der Waals surface area contributed by atoms with E-state index in [1.165, 1.54) is 0 Å². The van der Waals surface area contributed by atoms with Gasteiger partial charge < -0.3 is 9.47 Å². The molecule has 0 fully saturated rings. The third kappa shape index (κ3) is 6.48. The molecule has 0 atom stereocenters. The Kier molecular flexibility index (Phi) is 8.37. The lowest BCUT2D eigenvalue weighted by Gasteiger charge is -2.13. The van der Waals surface area contributed by atoms with Gasteiger partial charge in [-0.15, -0.1) is 10.2 Å². The van der Waals surface area contributed by atoms with Gasteiger partial charge in [0.2, 0.25) is 5.16 Å². The van der Waals surface area contributed by atoms with E-state index in [0.717, 1.165) is 45.7 Å². The average Bonchev–Trinajstić information content (AvgIpc) is 3.14. The largest absolute Gasteiger partial charge is 0.493 e. The first kappa shape index (κ1) is 23.2. The minimum absolute atomic E-state index is 0.0715. The summed E-state index contributed by atoms with van der Waals surface area (Å²) >= 11 is 7.57. The number of nitrogens with zero attached hydrogens (tertiary/aromatic N) is 4. The maximum Gasteiger partial charge on any atom is 0.212 e. The van der Waals surface area contributed by atoms with E-state index < -0.39 is 0 Å². The van der Waals surface area contributed by atoms with Gasteiger partial charge >= 0.3 is 0 Å². The van der Waals surface area contributed by atoms with Gasteiger partial charge in [-0.2, -0.15) is 9.78 Å². The summed E-state index contributed by atoms with van der Waals surface area (Å²) in [6.45, 7) is 6.08. The fourth-order valence-electron chi connectivity index (χ4n) is 2.85. The number of benzene rings is 2. The summed E-state index contributed by atoms with van der Waals surface area (Å²) in [5.74, 6) is 2.98. The lowest BCUT2D eigenvalue weighted by molar-refractivity contribution is 0.230. The van der Waals surface area contributed by atoms with E-state index in [1.54, 1.807) is 25.1 Å². The van der Waals surface area contributed by atoms with Crippen molar-refractivity contribution < 1.29 is 9.47 Å². The van der Waals surface area contributed by atoms with Crippen molar-refractivity contribution in [3.8, 4) is 11.5 Å². The van der Waals surface area contributed by atoms with Crippen molar-refractivity contribution in [1.29, 1.82) is 0 Å². The van der Waals surface area contributed by atoms with Crippen LogP contribution in [0.3, 0.4) is 0 Å². The van der Waals surface area contributed by atoms with Crippen LogP contribution in [0.4, 0.5) is 0 Å². The maximum absolute atomic E-state index is 5.98. The Labute approximate surface area is 192 Å². The van der Waals surface area contributed by atoms with Crippen LogP contribution in [0.25, 0.3) is 0 Å². The van der Waals surface area contributed by atoms with Gasteiger partial charge in [0.25, 0.3) is 0 Å². The van der Waals surface area contributed by atoms with E-state index in [1.807, 2.05) is 61.0 Å². The lowest BCUT2D eigenvalue weighted by atomic mass is 10.2. The molecule has 3 rings (SSSR count). The Morgan fingerprint density at radius 3 is 2.58 bits per heavy atom. The quantitative estimate of drug-likeness (QED) is 0.281. The fourth-order valence-corrected chi connectivity index (χ4v) is 3.84. The molecule has 0 aliphatic rings. The molecule has 8 heteroatoms. The van der Waals surface area contributed by atoms with Crippen LogP contribution < -0.4 is 9.47 Å². The third-order valence-electron chi connectivity index (χ3n) is 4.30. The number of aromatic nitrogens is 3. The zero-order chi connectivity index (χ0) is 22.2. The molecule has 0 unspecified atom stereocenters. The Hall–Kier alpha value is -2.51. The highest BCUT2D eigenvalue weighted by atomic mass is 35.5. The zero-order valence-electron chi connectivity index (χ0n) is 18.2. The van der Waals surface area contributed by atoms with Crippen LogP contribution in [-0.2, 0) is 12.2 Å². The first-order valence-corrected chi connectivity index (χ1v) is 11.6. The van der Waals surface area contributed by atoms with Crippen molar-refractivity contribution in [3.63, 3.8) is 0 Å². The molecule has 1 heterocycles. The van der Waals surface area contributed by atoms with Crippen LogP contribution in [0.15, 0.2) is 52.7 Å². The summed E-state index contributed by atoms with van der Waals surface area (Å²) in [5.41, 5.74) is 2.06. The molecule has 0 amide bonds. The van der Waals surface area contributed by atoms with Crippen LogP contribution in [0.5, 0.6) is 11.5 Å². The molecular formula is C23H27ClN4O2S. The van der Waals surface area contributed by atoms with Crippen LogP contribution in [0.1, 0.15) is 44.1 Å². The summed E-state index contributed by atoms with van der Waals surface area (Å²) < 4.78 is 13.1. The highest BCUT2D eigenvalue weighted by Gasteiger charge is 2.12. The van der Waals surface area contributed by atoms with Gasteiger partial charge in [-0.25, -0.2) is 0 Å². The molecule has 0 bridgehead atoms. The highest BCUT2D eigenvalue weighted by molar-refractivity contribution is 7.98. The van der Waals surface area contributed by atoms with Gasteiger partial charge in [0.1, 0.15) is 0 Å². The topological polar surface area (TPSA) is 61.5 Å². The van der Waals surface area contributed by atoms with Gasteiger partial charge in [-0.3, -0.25) is 0 Å². The smallest absolute Gasteiger partial charge is 0.212 e. The first-order valence-electron chi connectivity index (χ1n) is 10.2. The monoisotopic (exact) mass is 458 g/mol. The van der Waals surface area contributed by atoms with Crippen molar-refractivity contribution in [2.45, 2.75) is 50.6 Å². The Balaban J connectivity index is 1.81. The second kappa shape index (κ2) is 11.2. The summed E-state index contributed by atoms with van der Waals surface area (Å²) in [5, 5.41) is 14.8. The SMILES string of the molecule is CCCc1nnc(SCc2ccc(Cl)cc2)n1/N=C/c1ccc(OC(C)C)c(OC)c1. The molecule has 0 saturated carbocycles. The molecule has 0 aliphatic heterocycles. The minimum Gasteiger partial charge on any atom is -0.493 e. The molecule has 6 nitrogen and oxygen atoms in total. The number of ether oxygens (including phenoxy) is 2. The van der Waals surface area contributed by atoms with E-state index in [-0.39, 0.29) is 6.10 Å². The van der Waals surface area contributed by atoms with Gasteiger partial charge in [0, 0.05) is 17.2 Å². The van der Waals surface area contributed by atoms with Crippen molar-refractivity contribution in [2.75, 3.05) is 7.11 Å². The molecule has 3 aromatic rings. The van der Waals surface area contributed by atoms with Gasteiger partial charge in [0.05, 0.1) is 19.4 Å². The predicted molar refractivity (Wildman–Crippen MR) is 127 cm³/mol. The summed E-state index contributed by atoms with van der Waals surface area (Å²) in [4.78, 5) is 0. The van der Waals surface area contributed by atoms with Crippen LogP contribution in [0, 0.1) is 0 Å². The fraction of sp³-hybridized carbons (Fsp3) is 0.348. The molecule has 0 N–H and O–H groups in total. The molecule has 0 saturated heterocycles. The van der Waals surface area contributed by atoms with Gasteiger partial charge in [0.15, 0.2) is 17.3 Å². The molecule has 1 aromatic heterocycles. The van der Waals surface area contributed by atoms with Crippen molar-refractivity contribution in [1.82, 2.24) is 14.9 Å². The number of hydrogen-bond acceptors (Lipinski definition) is 6. The van der Waals surface area contributed by atoms with Crippen molar-refractivity contribution in [3.05, 3.63) is 64.4 Å². The second-order valence-corrected chi connectivity index (χ2v) is 8.58. The molecule has 0 aliphatic carbocycles. The van der Waals surface area contributed by atoms with E-state index in [4.69, 9.17) is 21.1 Å². The number of aryl methyl sites for hydroxylation is 1. The average molecular weight is 459 g/mol. The number of halogens is 1. The number of thioether (sulfide) groups is 1. The normalized spacial score (nSPS) is 11.4. The molecule has 164 valence electrons. The molecule has 2 aromatic carbocycles. The summed E-state index contributed by atoms with van der Waals surface area (Å²) in [6, 6.07) is 13.6. The highest BCUT2D eigenvalue weighted by Crippen LogP contribution is 2.29. The van der Waals surface area contributed by atoms with E-state index >= 15 is 0 Å². The maximum atomic E-state index is 5.98. The van der Waals surface area contributed by atoms with Crippen LogP contribution in [-0.4, -0.2) is 34.3 Å². The molecule has 0 spiro atoms. The third-order valence-corrected chi connectivity index (χ3v) is 5.55. The number of methoxy groups -OCH3 is 1. The van der Waals surface area contributed by atoms with E-state index in [0.29, 0.717) is 11.5 Å². The predicted octanol–water partition coefficient (Wildman–Crippen LogP) is 5.85. The number of hydrogen-bond donors (Lipinski definition) is 0. The van der Waals surface area contributed by atoms with Crippen molar-refractivity contribution in [2.24, 2.45) is 5.10 Å². The minimum atomic E-state index is 0.0715. The lowest BCUT2D eigenvalue weighted by Crippen LogP contribution is -2.07. The Morgan fingerprint density at radius 2 is 1.90 bits per heavy atom. The molecular weight excluding hydrogens is 432 g/mol. The van der Waals surface area contributed by atoms with Crippen molar-refractivity contribution >= 4 is 29.6 Å². The van der Waals surface area contributed by atoms with Crippen LogP contribution in [0.2, 0.25) is 5.02 Å². The summed E-state index contributed by atoms with van der Waals surface area (Å²) in [7, 11) is 1.63. The standard InChI is InChI=1S/C23H27ClN4O2S/c1-5-6-22-26-27-23(31-15-17-7-10-19(24)11-8-17)28(22)25-14-18-9-12-20(30-16(2)3)21(13-18)29-4/h7-14,16H,5-6,15H2,1-4H3/b25-14+. The second-order valence-electron chi connectivity index (χ2n) is 7.20. The Bertz CT molecular complexity index is 1020. The van der Waals surface area contributed by atoms with Gasteiger partial charge in [-0.1, -0.05) is 42.4 Å². The summed E-state index contributed by atoms with van der Waals surface area (Å²) in [6.07, 6.45) is 3.62. The zero-order valence-corrected chi connectivity index (χ0v) is 19.8. The van der Waals surface area contributed by atoms with Crippen LogP contribution >= 0.6 is 23.4 Å². The van der Waals surface area contributed by atoms with E-state index in [9.17, 15) is 0 Å². The molecule has 31 heavy (non-hydrogen) atoms. The number of rotatable bonds is 10. The first-order chi connectivity index (χ1) is 15.0. The Morgan fingerprint density at radius 1 is 1.13 bits per heavy atom. The molecule has 0 radical (unpaired) electrons.